The fourth-order valence-corrected chi connectivity index (χ4v) is 2.12. The highest BCUT2D eigenvalue weighted by Crippen LogP contribution is 2.30. The molecule has 8 heteroatoms. The van der Waals surface area contributed by atoms with E-state index in [-0.39, 0.29) is 12.1 Å². The van der Waals surface area contributed by atoms with Crippen molar-refractivity contribution in [2.24, 2.45) is 0 Å². The van der Waals surface area contributed by atoms with Crippen LogP contribution in [0.25, 0.3) is 0 Å². The van der Waals surface area contributed by atoms with E-state index >= 15 is 0 Å². The zero-order valence-corrected chi connectivity index (χ0v) is 15.5. The standard InChI is InChI=1S/C17H26N6O2/c1-10(2)18-15-21-16(19-11(3)4)23-17(22-15)20-12-7-8-13(24-5)14(9-12)25-6/h7-11H,1-6H3,(H3,18,19,20,21,22,23). The minimum atomic E-state index is 0.211. The molecule has 1 heterocycles. The van der Waals surface area contributed by atoms with Gasteiger partial charge in [-0.25, -0.2) is 0 Å². The van der Waals surface area contributed by atoms with Crippen molar-refractivity contribution in [1.82, 2.24) is 15.0 Å². The maximum Gasteiger partial charge on any atom is 0.233 e. The number of aromatic nitrogens is 3. The lowest BCUT2D eigenvalue weighted by Crippen LogP contribution is -2.18. The quantitative estimate of drug-likeness (QED) is 0.670. The van der Waals surface area contributed by atoms with Crippen molar-refractivity contribution in [3.05, 3.63) is 18.2 Å². The molecular weight excluding hydrogens is 320 g/mol. The highest BCUT2D eigenvalue weighted by Gasteiger charge is 2.10. The second-order valence-electron chi connectivity index (χ2n) is 6.10. The highest BCUT2D eigenvalue weighted by molar-refractivity contribution is 5.61. The Bertz CT molecular complexity index is 677. The van der Waals surface area contributed by atoms with Crippen LogP contribution in [-0.2, 0) is 0 Å². The lowest BCUT2D eigenvalue weighted by Gasteiger charge is -2.14. The van der Waals surface area contributed by atoms with E-state index in [1.807, 2.05) is 45.9 Å². The fraction of sp³-hybridized carbons (Fsp3) is 0.471. The summed E-state index contributed by atoms with van der Waals surface area (Å²) in [6.07, 6.45) is 0. The molecule has 1 aromatic carbocycles. The van der Waals surface area contributed by atoms with E-state index in [0.717, 1.165) is 5.69 Å². The van der Waals surface area contributed by atoms with E-state index < -0.39 is 0 Å². The van der Waals surface area contributed by atoms with Crippen LogP contribution < -0.4 is 25.4 Å². The minimum absolute atomic E-state index is 0.211. The topological polar surface area (TPSA) is 93.2 Å². The van der Waals surface area contributed by atoms with Gasteiger partial charge >= 0.3 is 0 Å². The summed E-state index contributed by atoms with van der Waals surface area (Å²) in [5, 5.41) is 9.58. The van der Waals surface area contributed by atoms with Gasteiger partial charge in [-0.05, 0) is 39.8 Å². The average Bonchev–Trinajstić information content (AvgIpc) is 2.53. The second-order valence-corrected chi connectivity index (χ2v) is 6.10. The summed E-state index contributed by atoms with van der Waals surface area (Å²) in [6.45, 7) is 8.11. The molecule has 1 aromatic heterocycles. The van der Waals surface area contributed by atoms with Crippen LogP contribution >= 0.6 is 0 Å². The number of nitrogens with one attached hydrogen (secondary N) is 3. The predicted molar refractivity (Wildman–Crippen MR) is 100 cm³/mol. The van der Waals surface area contributed by atoms with Gasteiger partial charge in [0.2, 0.25) is 17.8 Å². The van der Waals surface area contributed by atoms with E-state index in [1.54, 1.807) is 14.2 Å². The molecule has 0 fully saturated rings. The number of rotatable bonds is 8. The van der Waals surface area contributed by atoms with Gasteiger partial charge in [-0.15, -0.1) is 0 Å². The van der Waals surface area contributed by atoms with Crippen LogP contribution in [0.4, 0.5) is 23.5 Å². The van der Waals surface area contributed by atoms with Crippen LogP contribution in [0.15, 0.2) is 18.2 Å². The molecule has 3 N–H and O–H groups in total. The van der Waals surface area contributed by atoms with Gasteiger partial charge in [0.15, 0.2) is 11.5 Å². The van der Waals surface area contributed by atoms with Gasteiger partial charge in [0, 0.05) is 23.8 Å². The van der Waals surface area contributed by atoms with Crippen LogP contribution in [0.5, 0.6) is 11.5 Å². The number of benzene rings is 1. The summed E-state index contributed by atoms with van der Waals surface area (Å²) >= 11 is 0. The first-order chi connectivity index (χ1) is 11.9. The Morgan fingerprint density at radius 2 is 1.28 bits per heavy atom. The molecule has 0 spiro atoms. The zero-order valence-electron chi connectivity index (χ0n) is 15.5. The number of hydrogen-bond acceptors (Lipinski definition) is 8. The SMILES string of the molecule is COc1ccc(Nc2nc(NC(C)C)nc(NC(C)C)n2)cc1OC. The molecule has 0 aliphatic heterocycles. The summed E-state index contributed by atoms with van der Waals surface area (Å²) in [5.74, 6) is 2.75. The second kappa shape index (κ2) is 8.36. The van der Waals surface area contributed by atoms with Gasteiger partial charge in [0.1, 0.15) is 0 Å². The number of methoxy groups -OCH3 is 2. The molecule has 2 rings (SSSR count). The monoisotopic (exact) mass is 346 g/mol. The highest BCUT2D eigenvalue weighted by atomic mass is 16.5. The van der Waals surface area contributed by atoms with Crippen LogP contribution in [0.3, 0.4) is 0 Å². The molecule has 8 nitrogen and oxygen atoms in total. The summed E-state index contributed by atoms with van der Waals surface area (Å²) in [7, 11) is 3.20. The summed E-state index contributed by atoms with van der Waals surface area (Å²) in [5.41, 5.74) is 0.787. The molecular formula is C17H26N6O2. The first-order valence-electron chi connectivity index (χ1n) is 8.19. The summed E-state index contributed by atoms with van der Waals surface area (Å²) < 4.78 is 10.6. The third-order valence-electron chi connectivity index (χ3n) is 3.11. The molecule has 0 unspecified atom stereocenters. The normalized spacial score (nSPS) is 10.7. The average molecular weight is 346 g/mol. The molecule has 0 saturated heterocycles. The molecule has 0 saturated carbocycles. The smallest absolute Gasteiger partial charge is 0.233 e. The van der Waals surface area contributed by atoms with Crippen molar-refractivity contribution in [3.8, 4) is 11.5 Å². The molecule has 0 aliphatic rings. The van der Waals surface area contributed by atoms with Crippen molar-refractivity contribution in [2.75, 3.05) is 30.2 Å². The van der Waals surface area contributed by atoms with Gasteiger partial charge in [0.05, 0.1) is 14.2 Å². The van der Waals surface area contributed by atoms with E-state index in [2.05, 4.69) is 30.9 Å². The van der Waals surface area contributed by atoms with Crippen LogP contribution in [0.2, 0.25) is 0 Å². The maximum absolute atomic E-state index is 5.32. The van der Waals surface area contributed by atoms with Gasteiger partial charge in [-0.2, -0.15) is 15.0 Å². The minimum Gasteiger partial charge on any atom is -0.493 e. The van der Waals surface area contributed by atoms with Gasteiger partial charge in [0.25, 0.3) is 0 Å². The number of nitrogens with zero attached hydrogens (tertiary/aromatic N) is 3. The number of ether oxygens (including phenoxy) is 2. The van der Waals surface area contributed by atoms with Gasteiger partial charge in [-0.1, -0.05) is 0 Å². The van der Waals surface area contributed by atoms with Crippen LogP contribution in [-0.4, -0.2) is 41.3 Å². The first-order valence-corrected chi connectivity index (χ1v) is 8.19. The Morgan fingerprint density at radius 3 is 1.76 bits per heavy atom. The predicted octanol–water partition coefficient (Wildman–Crippen LogP) is 3.27. The maximum atomic E-state index is 5.32. The lowest BCUT2D eigenvalue weighted by molar-refractivity contribution is 0.355. The third-order valence-corrected chi connectivity index (χ3v) is 3.11. The zero-order chi connectivity index (χ0) is 18.4. The Labute approximate surface area is 148 Å². The molecule has 2 aromatic rings. The fourth-order valence-electron chi connectivity index (χ4n) is 2.12. The van der Waals surface area contributed by atoms with Crippen molar-refractivity contribution in [2.45, 2.75) is 39.8 Å². The lowest BCUT2D eigenvalue weighted by atomic mass is 10.3. The number of anilines is 4. The Kier molecular flexibility index (Phi) is 6.21. The molecule has 0 amide bonds. The van der Waals surface area contributed by atoms with Crippen molar-refractivity contribution in [3.63, 3.8) is 0 Å². The van der Waals surface area contributed by atoms with E-state index in [4.69, 9.17) is 9.47 Å². The van der Waals surface area contributed by atoms with Crippen LogP contribution in [0, 0.1) is 0 Å². The summed E-state index contributed by atoms with van der Waals surface area (Å²) in [6, 6.07) is 5.94. The van der Waals surface area contributed by atoms with Crippen LogP contribution in [0.1, 0.15) is 27.7 Å². The molecule has 0 radical (unpaired) electrons. The molecule has 25 heavy (non-hydrogen) atoms. The third kappa shape index (κ3) is 5.37. The molecule has 136 valence electrons. The Morgan fingerprint density at radius 1 is 0.760 bits per heavy atom. The van der Waals surface area contributed by atoms with E-state index in [9.17, 15) is 0 Å². The largest absolute Gasteiger partial charge is 0.493 e. The van der Waals surface area contributed by atoms with E-state index in [1.165, 1.54) is 0 Å². The Balaban J connectivity index is 2.30. The Hall–Kier alpha value is -2.77. The number of hydrogen-bond donors (Lipinski definition) is 3. The van der Waals surface area contributed by atoms with E-state index in [0.29, 0.717) is 29.3 Å². The molecule has 0 atom stereocenters. The van der Waals surface area contributed by atoms with Crippen molar-refractivity contribution in [1.29, 1.82) is 0 Å². The van der Waals surface area contributed by atoms with Crippen molar-refractivity contribution < 1.29 is 9.47 Å². The molecule has 0 aliphatic carbocycles. The summed E-state index contributed by atoms with van der Waals surface area (Å²) in [4.78, 5) is 13.2. The van der Waals surface area contributed by atoms with Gasteiger partial charge < -0.3 is 25.4 Å². The van der Waals surface area contributed by atoms with Gasteiger partial charge in [-0.3, -0.25) is 0 Å². The van der Waals surface area contributed by atoms with Crippen molar-refractivity contribution >= 4 is 23.5 Å². The molecule has 0 bridgehead atoms. The first kappa shape index (κ1) is 18.6.